The van der Waals surface area contributed by atoms with Crippen LogP contribution in [0.25, 0.3) is 11.3 Å². The summed E-state index contributed by atoms with van der Waals surface area (Å²) in [6.45, 7) is 11.3. The van der Waals surface area contributed by atoms with Gasteiger partial charge in [0.25, 0.3) is 0 Å². The van der Waals surface area contributed by atoms with Crippen LogP contribution in [0.4, 0.5) is 23.1 Å². The van der Waals surface area contributed by atoms with Gasteiger partial charge in [-0.3, -0.25) is 9.69 Å². The minimum absolute atomic E-state index is 0.272. The van der Waals surface area contributed by atoms with Gasteiger partial charge in [0.2, 0.25) is 11.9 Å². The zero-order chi connectivity index (χ0) is 27.5. The summed E-state index contributed by atoms with van der Waals surface area (Å²) in [5.41, 5.74) is 5.14. The number of likely N-dealkylation sites (tertiary alicyclic amines) is 1. The molecule has 3 fully saturated rings. The second-order valence-corrected chi connectivity index (χ2v) is 10.8. The van der Waals surface area contributed by atoms with E-state index < -0.39 is 0 Å². The number of pyridine rings is 1. The standard InChI is InChI=1S/C30H38N8O2/c1-3-29(39)38-20-24-17-25(38)19-37(24)27-6-5-23(16-21(27)2)34-30-32-9-8-26(35-30)22-4-7-28(33-18-22)31-10-11-36-12-14-40-15-13-36/h4-9,16,18,24-25H,3,10-15,17,19-20H2,1-2H3,(H,31,33)(H,32,34,35)/t24-,25-/m0/s1. The lowest BCUT2D eigenvalue weighted by molar-refractivity contribution is -0.131. The third kappa shape index (κ3) is 5.73. The zero-order valence-electron chi connectivity index (χ0n) is 23.3. The Morgan fingerprint density at radius 3 is 2.67 bits per heavy atom. The number of hydrogen-bond acceptors (Lipinski definition) is 9. The number of fused-ring (bicyclic) bond motifs is 2. The summed E-state index contributed by atoms with van der Waals surface area (Å²) in [4.78, 5) is 32.9. The molecule has 0 unspecified atom stereocenters. The smallest absolute Gasteiger partial charge is 0.227 e. The molecule has 40 heavy (non-hydrogen) atoms. The lowest BCUT2D eigenvalue weighted by Crippen LogP contribution is -2.48. The van der Waals surface area contributed by atoms with Crippen LogP contribution >= 0.6 is 0 Å². The molecule has 10 heteroatoms. The molecule has 10 nitrogen and oxygen atoms in total. The van der Waals surface area contributed by atoms with E-state index in [1.807, 2.05) is 31.3 Å². The van der Waals surface area contributed by atoms with Gasteiger partial charge in [-0.05, 0) is 55.3 Å². The molecule has 2 bridgehead atoms. The number of carbonyl (C=O) groups excluding carboxylic acids is 1. The Bertz CT molecular complexity index is 1330. The average Bonchev–Trinajstić information content (AvgIpc) is 3.59. The van der Waals surface area contributed by atoms with E-state index in [2.05, 4.69) is 60.4 Å². The summed E-state index contributed by atoms with van der Waals surface area (Å²) in [7, 11) is 0. The van der Waals surface area contributed by atoms with Gasteiger partial charge in [-0.25, -0.2) is 15.0 Å². The second kappa shape index (κ2) is 11.8. The molecular weight excluding hydrogens is 504 g/mol. The number of hydrogen-bond donors (Lipinski definition) is 2. The molecule has 3 aliphatic rings. The van der Waals surface area contributed by atoms with Crippen molar-refractivity contribution in [1.29, 1.82) is 0 Å². The molecule has 3 aromatic rings. The number of ether oxygens (including phenoxy) is 1. The molecule has 6 rings (SSSR count). The topological polar surface area (TPSA) is 98.8 Å². The molecule has 0 spiro atoms. The number of nitrogens with zero attached hydrogens (tertiary/aromatic N) is 6. The highest BCUT2D eigenvalue weighted by atomic mass is 16.5. The van der Waals surface area contributed by atoms with E-state index in [0.29, 0.717) is 24.5 Å². The van der Waals surface area contributed by atoms with Crippen LogP contribution < -0.4 is 15.5 Å². The van der Waals surface area contributed by atoms with E-state index in [1.54, 1.807) is 6.20 Å². The lowest BCUT2D eigenvalue weighted by Gasteiger charge is -2.36. The van der Waals surface area contributed by atoms with Gasteiger partial charge in [-0.2, -0.15) is 0 Å². The highest BCUT2D eigenvalue weighted by Crippen LogP contribution is 2.37. The Morgan fingerprint density at radius 2 is 1.95 bits per heavy atom. The quantitative estimate of drug-likeness (QED) is 0.421. The molecule has 5 heterocycles. The Morgan fingerprint density at radius 1 is 1.07 bits per heavy atom. The number of anilines is 4. The van der Waals surface area contributed by atoms with Crippen LogP contribution in [-0.4, -0.2) is 95.2 Å². The Labute approximate surface area is 235 Å². The molecule has 2 atom stereocenters. The van der Waals surface area contributed by atoms with Crippen molar-refractivity contribution in [2.24, 2.45) is 0 Å². The van der Waals surface area contributed by atoms with E-state index in [0.717, 1.165) is 81.7 Å². The third-order valence-electron chi connectivity index (χ3n) is 8.18. The molecule has 0 radical (unpaired) electrons. The fourth-order valence-electron chi connectivity index (χ4n) is 6.05. The van der Waals surface area contributed by atoms with Crippen LogP contribution in [-0.2, 0) is 9.53 Å². The van der Waals surface area contributed by atoms with Crippen molar-refractivity contribution in [1.82, 2.24) is 24.8 Å². The average molecular weight is 543 g/mol. The van der Waals surface area contributed by atoms with E-state index in [-0.39, 0.29) is 5.91 Å². The predicted molar refractivity (Wildman–Crippen MR) is 157 cm³/mol. The van der Waals surface area contributed by atoms with Crippen LogP contribution in [0.2, 0.25) is 0 Å². The number of aryl methyl sites for hydroxylation is 1. The minimum Gasteiger partial charge on any atom is -0.379 e. The predicted octanol–water partition coefficient (Wildman–Crippen LogP) is 3.53. The third-order valence-corrected chi connectivity index (χ3v) is 8.18. The number of benzene rings is 1. The van der Waals surface area contributed by atoms with E-state index in [9.17, 15) is 4.79 Å². The second-order valence-electron chi connectivity index (χ2n) is 10.8. The molecule has 0 saturated carbocycles. The highest BCUT2D eigenvalue weighted by Gasteiger charge is 2.45. The first-order chi connectivity index (χ1) is 19.6. The molecule has 3 aliphatic heterocycles. The zero-order valence-corrected chi connectivity index (χ0v) is 23.3. The van der Waals surface area contributed by atoms with Crippen LogP contribution in [0.3, 0.4) is 0 Å². The maximum Gasteiger partial charge on any atom is 0.227 e. The molecule has 210 valence electrons. The first-order valence-electron chi connectivity index (χ1n) is 14.3. The highest BCUT2D eigenvalue weighted by molar-refractivity contribution is 5.77. The summed E-state index contributed by atoms with van der Waals surface area (Å²) in [5.74, 6) is 1.68. The van der Waals surface area contributed by atoms with Crippen molar-refractivity contribution < 1.29 is 9.53 Å². The number of carbonyl (C=O) groups is 1. The van der Waals surface area contributed by atoms with Crippen molar-refractivity contribution in [3.63, 3.8) is 0 Å². The maximum absolute atomic E-state index is 12.2. The number of rotatable bonds is 9. The van der Waals surface area contributed by atoms with Gasteiger partial charge in [0.05, 0.1) is 24.9 Å². The lowest BCUT2D eigenvalue weighted by atomic mass is 10.1. The van der Waals surface area contributed by atoms with E-state index >= 15 is 0 Å². The normalized spacial score (nSPS) is 20.6. The Balaban J connectivity index is 1.06. The number of amides is 1. The van der Waals surface area contributed by atoms with Crippen molar-refractivity contribution in [2.75, 3.05) is 68.0 Å². The van der Waals surface area contributed by atoms with E-state index in [1.165, 1.54) is 11.3 Å². The monoisotopic (exact) mass is 542 g/mol. The van der Waals surface area contributed by atoms with Crippen molar-refractivity contribution in [2.45, 2.75) is 38.8 Å². The van der Waals surface area contributed by atoms with E-state index in [4.69, 9.17) is 9.72 Å². The summed E-state index contributed by atoms with van der Waals surface area (Å²) >= 11 is 0. The fourth-order valence-corrected chi connectivity index (χ4v) is 6.05. The molecule has 1 aromatic carbocycles. The fraction of sp³-hybridized carbons (Fsp3) is 0.467. The van der Waals surface area contributed by atoms with Crippen molar-refractivity contribution >= 4 is 29.0 Å². The van der Waals surface area contributed by atoms with Gasteiger partial charge in [0.15, 0.2) is 0 Å². The summed E-state index contributed by atoms with van der Waals surface area (Å²) in [5, 5.41) is 6.77. The van der Waals surface area contributed by atoms with Gasteiger partial charge in [-0.1, -0.05) is 6.92 Å². The van der Waals surface area contributed by atoms with Gasteiger partial charge in [-0.15, -0.1) is 0 Å². The number of morpholine rings is 1. The molecule has 2 N–H and O–H groups in total. The summed E-state index contributed by atoms with van der Waals surface area (Å²) in [6, 6.07) is 13.1. The molecule has 1 amide bonds. The minimum atomic E-state index is 0.272. The largest absolute Gasteiger partial charge is 0.379 e. The molecule has 3 saturated heterocycles. The first kappa shape index (κ1) is 26.5. The van der Waals surface area contributed by atoms with Gasteiger partial charge in [0, 0.05) is 81.1 Å². The number of aromatic nitrogens is 3. The van der Waals surface area contributed by atoms with Gasteiger partial charge in [0.1, 0.15) is 5.82 Å². The SMILES string of the molecule is CCC(=O)N1C[C@@H]2C[C@H]1CN2c1ccc(Nc2nccc(-c3ccc(NCCN4CCOCC4)nc3)n2)cc1C. The number of piperazine rings is 1. The Kier molecular flexibility index (Phi) is 7.79. The maximum atomic E-state index is 12.2. The van der Waals surface area contributed by atoms with Crippen molar-refractivity contribution in [3.8, 4) is 11.3 Å². The molecule has 2 aromatic heterocycles. The van der Waals surface area contributed by atoms with Crippen LogP contribution in [0.5, 0.6) is 0 Å². The van der Waals surface area contributed by atoms with Crippen LogP contribution in [0.15, 0.2) is 48.8 Å². The summed E-state index contributed by atoms with van der Waals surface area (Å²) < 4.78 is 5.41. The van der Waals surface area contributed by atoms with Gasteiger partial charge < -0.3 is 25.2 Å². The molecule has 0 aliphatic carbocycles. The molecular formula is C30H38N8O2. The Hall–Kier alpha value is -3.76. The first-order valence-corrected chi connectivity index (χ1v) is 14.3. The number of nitrogens with one attached hydrogen (secondary N) is 2. The summed E-state index contributed by atoms with van der Waals surface area (Å²) in [6.07, 6.45) is 5.26. The van der Waals surface area contributed by atoms with Gasteiger partial charge >= 0.3 is 0 Å². The van der Waals surface area contributed by atoms with Crippen LogP contribution in [0, 0.1) is 6.92 Å². The van der Waals surface area contributed by atoms with Crippen LogP contribution in [0.1, 0.15) is 25.3 Å². The van der Waals surface area contributed by atoms with Crippen molar-refractivity contribution in [3.05, 3.63) is 54.4 Å².